The standard InChI is InChI=1S/C11H16F3O6PS/c1-7(2)20-21(15,16)6-19-22(17,18)10-9(13)4-8(12)5-11(10,3)14/h4-5,7,10H,6H2,1-3H3,(H,15,16). The Balaban J connectivity index is 2.96. The molecule has 0 amide bonds. The minimum Gasteiger partial charge on any atom is -0.323 e. The predicted molar refractivity (Wildman–Crippen MR) is 72.6 cm³/mol. The van der Waals surface area contributed by atoms with Crippen molar-refractivity contribution in [2.24, 2.45) is 0 Å². The van der Waals surface area contributed by atoms with Gasteiger partial charge in [-0.25, -0.2) is 13.2 Å². The van der Waals surface area contributed by atoms with Gasteiger partial charge in [0.25, 0.3) is 10.1 Å². The van der Waals surface area contributed by atoms with E-state index in [4.69, 9.17) is 0 Å². The molecule has 6 nitrogen and oxygen atoms in total. The van der Waals surface area contributed by atoms with Gasteiger partial charge >= 0.3 is 7.60 Å². The van der Waals surface area contributed by atoms with Crippen LogP contribution in [0.5, 0.6) is 0 Å². The lowest BCUT2D eigenvalue weighted by molar-refractivity contribution is 0.183. The van der Waals surface area contributed by atoms with Crippen LogP contribution in [0.1, 0.15) is 20.8 Å². The van der Waals surface area contributed by atoms with E-state index in [0.29, 0.717) is 6.92 Å². The van der Waals surface area contributed by atoms with Crippen LogP contribution in [-0.2, 0) is 23.4 Å². The molecule has 1 rings (SSSR count). The lowest BCUT2D eigenvalue weighted by atomic mass is 9.98. The van der Waals surface area contributed by atoms with Gasteiger partial charge in [0.2, 0.25) is 0 Å². The summed E-state index contributed by atoms with van der Waals surface area (Å²) in [5.74, 6) is -2.88. The van der Waals surface area contributed by atoms with Gasteiger partial charge in [-0.15, -0.1) is 0 Å². The first-order valence-corrected chi connectivity index (χ1v) is 9.33. The third-order valence-electron chi connectivity index (χ3n) is 2.50. The van der Waals surface area contributed by atoms with E-state index in [2.05, 4.69) is 8.71 Å². The highest BCUT2D eigenvalue weighted by Gasteiger charge is 2.49. The molecule has 0 bridgehead atoms. The van der Waals surface area contributed by atoms with Gasteiger partial charge in [0.15, 0.2) is 17.3 Å². The largest absolute Gasteiger partial charge is 0.355 e. The van der Waals surface area contributed by atoms with Crippen molar-refractivity contribution in [2.75, 3.05) is 6.35 Å². The number of allylic oxidation sites excluding steroid dienone is 3. The van der Waals surface area contributed by atoms with E-state index in [0.717, 1.165) is 0 Å². The second-order valence-corrected chi connectivity index (χ2v) is 8.56. The Morgan fingerprint density at radius 3 is 2.45 bits per heavy atom. The average Bonchev–Trinajstić information content (AvgIpc) is 2.21. The van der Waals surface area contributed by atoms with Crippen molar-refractivity contribution >= 4 is 17.7 Å². The Kier molecular flexibility index (Phi) is 5.68. The summed E-state index contributed by atoms with van der Waals surface area (Å²) in [6.07, 6.45) is -1.52. The van der Waals surface area contributed by atoms with Crippen LogP contribution in [0, 0.1) is 0 Å². The van der Waals surface area contributed by atoms with Crippen molar-refractivity contribution in [2.45, 2.75) is 37.8 Å². The lowest BCUT2D eigenvalue weighted by Gasteiger charge is -2.28. The van der Waals surface area contributed by atoms with Crippen LogP contribution in [0.25, 0.3) is 0 Å². The molecule has 22 heavy (non-hydrogen) atoms. The molecule has 0 spiro atoms. The maximum Gasteiger partial charge on any atom is 0.355 e. The summed E-state index contributed by atoms with van der Waals surface area (Å²) in [5.41, 5.74) is -2.92. The van der Waals surface area contributed by atoms with Crippen LogP contribution < -0.4 is 0 Å². The third kappa shape index (κ3) is 4.92. The fourth-order valence-corrected chi connectivity index (χ4v) is 4.80. The van der Waals surface area contributed by atoms with Crippen molar-refractivity contribution in [3.63, 3.8) is 0 Å². The smallest absolute Gasteiger partial charge is 0.323 e. The topological polar surface area (TPSA) is 89.9 Å². The van der Waals surface area contributed by atoms with Gasteiger partial charge in [-0.05, 0) is 26.8 Å². The van der Waals surface area contributed by atoms with Crippen LogP contribution >= 0.6 is 7.60 Å². The third-order valence-corrected chi connectivity index (χ3v) is 5.59. The van der Waals surface area contributed by atoms with Crippen LogP contribution in [0.4, 0.5) is 13.2 Å². The van der Waals surface area contributed by atoms with E-state index in [1.165, 1.54) is 13.8 Å². The second kappa shape index (κ2) is 6.45. The molecule has 1 N–H and O–H groups in total. The van der Waals surface area contributed by atoms with E-state index in [1.807, 2.05) is 0 Å². The van der Waals surface area contributed by atoms with Crippen molar-refractivity contribution in [1.29, 1.82) is 0 Å². The first kappa shape index (κ1) is 19.4. The molecule has 1 aliphatic rings. The number of alkyl halides is 1. The monoisotopic (exact) mass is 364 g/mol. The second-order valence-electron chi connectivity index (χ2n) is 5.12. The van der Waals surface area contributed by atoms with Crippen molar-refractivity contribution in [3.05, 3.63) is 23.8 Å². The molecular formula is C11H16F3O6PS. The molecule has 3 unspecified atom stereocenters. The molecule has 0 heterocycles. The molecule has 0 radical (unpaired) electrons. The van der Waals surface area contributed by atoms with Crippen LogP contribution in [-0.4, -0.2) is 36.7 Å². The fourth-order valence-electron chi connectivity index (χ4n) is 1.85. The Bertz CT molecular complexity index is 640. The summed E-state index contributed by atoms with van der Waals surface area (Å²) >= 11 is 0. The zero-order valence-corrected chi connectivity index (χ0v) is 13.7. The lowest BCUT2D eigenvalue weighted by Crippen LogP contribution is -2.43. The maximum atomic E-state index is 14.1. The van der Waals surface area contributed by atoms with Crippen molar-refractivity contribution in [3.8, 4) is 0 Å². The molecule has 128 valence electrons. The van der Waals surface area contributed by atoms with Crippen LogP contribution in [0.3, 0.4) is 0 Å². The van der Waals surface area contributed by atoms with E-state index < -0.39 is 52.7 Å². The van der Waals surface area contributed by atoms with E-state index >= 15 is 0 Å². The maximum absolute atomic E-state index is 14.1. The molecule has 1 aliphatic carbocycles. The molecule has 3 atom stereocenters. The number of hydrogen-bond donors (Lipinski definition) is 1. The van der Waals surface area contributed by atoms with Crippen LogP contribution in [0.2, 0.25) is 0 Å². The van der Waals surface area contributed by atoms with Gasteiger partial charge in [0, 0.05) is 6.08 Å². The summed E-state index contributed by atoms with van der Waals surface area (Å²) in [6, 6.07) is 0. The normalized spacial score (nSPS) is 29.0. The highest BCUT2D eigenvalue weighted by Crippen LogP contribution is 2.45. The number of hydrogen-bond acceptors (Lipinski definition) is 5. The number of rotatable bonds is 6. The highest BCUT2D eigenvalue weighted by atomic mass is 32.2. The minimum absolute atomic E-state index is 0.204. The molecule has 0 saturated heterocycles. The number of halogens is 3. The Hall–Kier alpha value is -0.670. The Morgan fingerprint density at radius 1 is 1.45 bits per heavy atom. The fraction of sp³-hybridized carbons (Fsp3) is 0.636. The van der Waals surface area contributed by atoms with E-state index in [9.17, 15) is 31.0 Å². The molecule has 0 aliphatic heterocycles. The van der Waals surface area contributed by atoms with E-state index in [1.54, 1.807) is 0 Å². The summed E-state index contributed by atoms with van der Waals surface area (Å²) in [4.78, 5) is 9.35. The van der Waals surface area contributed by atoms with Gasteiger partial charge in [-0.1, -0.05) is 0 Å². The van der Waals surface area contributed by atoms with Gasteiger partial charge < -0.3 is 9.42 Å². The molecule has 0 saturated carbocycles. The van der Waals surface area contributed by atoms with Gasteiger partial charge in [0.05, 0.1) is 6.10 Å². The summed E-state index contributed by atoms with van der Waals surface area (Å²) in [7, 11) is -9.40. The highest BCUT2D eigenvalue weighted by molar-refractivity contribution is 7.87. The SMILES string of the molecule is CC(C)OP(=O)(O)COS(=O)(=O)C1C(F)=CC(F)=CC1(C)F. The average molecular weight is 364 g/mol. The molecule has 0 aromatic rings. The summed E-state index contributed by atoms with van der Waals surface area (Å²) < 4.78 is 84.8. The molecule has 0 fully saturated rings. The van der Waals surface area contributed by atoms with Gasteiger partial charge in [-0.3, -0.25) is 8.75 Å². The summed E-state index contributed by atoms with van der Waals surface area (Å²) in [5, 5.41) is -2.47. The quantitative estimate of drug-likeness (QED) is 0.576. The minimum atomic E-state index is -4.97. The van der Waals surface area contributed by atoms with Gasteiger partial charge in [-0.2, -0.15) is 8.42 Å². The van der Waals surface area contributed by atoms with Crippen molar-refractivity contribution < 1.29 is 39.8 Å². The molecule has 0 aromatic carbocycles. The molecular weight excluding hydrogens is 348 g/mol. The Labute approximate surface area is 126 Å². The molecule has 11 heteroatoms. The summed E-state index contributed by atoms with van der Waals surface area (Å²) in [6.45, 7) is 3.49. The van der Waals surface area contributed by atoms with E-state index in [-0.39, 0.29) is 12.2 Å². The first-order valence-electron chi connectivity index (χ1n) is 6.10. The molecule has 0 aromatic heterocycles. The predicted octanol–water partition coefficient (Wildman–Crippen LogP) is 2.72. The van der Waals surface area contributed by atoms with Gasteiger partial charge in [0.1, 0.15) is 11.7 Å². The Morgan fingerprint density at radius 2 is 2.00 bits per heavy atom. The van der Waals surface area contributed by atoms with Crippen LogP contribution in [0.15, 0.2) is 23.8 Å². The van der Waals surface area contributed by atoms with Crippen molar-refractivity contribution in [1.82, 2.24) is 0 Å². The zero-order chi connectivity index (χ0) is 17.3. The first-order chi connectivity index (χ1) is 9.77. The zero-order valence-electron chi connectivity index (χ0n) is 12.0.